The summed E-state index contributed by atoms with van der Waals surface area (Å²) in [6, 6.07) is 11.6. The Bertz CT molecular complexity index is 771. The van der Waals surface area contributed by atoms with Gasteiger partial charge in [-0.1, -0.05) is 25.1 Å². The number of ether oxygens (including phenoxy) is 2. The van der Waals surface area contributed by atoms with Gasteiger partial charge in [0.05, 0.1) is 6.04 Å². The fourth-order valence-electron chi connectivity index (χ4n) is 2.66. The fraction of sp³-hybridized carbons (Fsp3) is 0.250. The van der Waals surface area contributed by atoms with Crippen LogP contribution in [-0.4, -0.2) is 19.1 Å². The van der Waals surface area contributed by atoms with Crippen LogP contribution < -0.4 is 14.8 Å². The van der Waals surface area contributed by atoms with Crippen molar-refractivity contribution in [3.63, 3.8) is 0 Å². The lowest BCUT2D eigenvalue weighted by atomic mass is 10.0. The molecule has 4 nitrogen and oxygen atoms in total. The standard InChI is InChI=1S/C20H20FNO3/c1-2-17(15-6-9-18-19(13-15)25-12-11-24-18)22-20(23)10-5-14-3-7-16(21)8-4-14/h3-10,13,17H,2,11-12H2,1H3,(H,22,23). The molecule has 0 spiro atoms. The van der Waals surface area contributed by atoms with E-state index in [1.807, 2.05) is 25.1 Å². The molecule has 0 saturated carbocycles. The number of nitrogens with one attached hydrogen (secondary N) is 1. The highest BCUT2D eigenvalue weighted by Gasteiger charge is 2.16. The van der Waals surface area contributed by atoms with E-state index in [1.54, 1.807) is 18.2 Å². The van der Waals surface area contributed by atoms with Crippen LogP contribution >= 0.6 is 0 Å². The summed E-state index contributed by atoms with van der Waals surface area (Å²) in [5.74, 6) is 0.933. The summed E-state index contributed by atoms with van der Waals surface area (Å²) in [6.07, 6.45) is 3.86. The molecule has 2 aromatic rings. The molecule has 1 N–H and O–H groups in total. The number of carbonyl (C=O) groups excluding carboxylic acids is 1. The van der Waals surface area contributed by atoms with Crippen LogP contribution in [0.2, 0.25) is 0 Å². The van der Waals surface area contributed by atoms with Gasteiger partial charge in [-0.3, -0.25) is 4.79 Å². The maximum Gasteiger partial charge on any atom is 0.244 e. The molecule has 25 heavy (non-hydrogen) atoms. The molecule has 3 rings (SSSR count). The van der Waals surface area contributed by atoms with Crippen molar-refractivity contribution in [1.82, 2.24) is 5.32 Å². The summed E-state index contributed by atoms with van der Waals surface area (Å²) >= 11 is 0. The molecule has 5 heteroatoms. The molecule has 0 bridgehead atoms. The van der Waals surface area contributed by atoms with Crippen LogP contribution in [0.3, 0.4) is 0 Å². The summed E-state index contributed by atoms with van der Waals surface area (Å²) in [5.41, 5.74) is 1.74. The van der Waals surface area contributed by atoms with E-state index < -0.39 is 0 Å². The van der Waals surface area contributed by atoms with Crippen molar-refractivity contribution in [2.75, 3.05) is 13.2 Å². The Labute approximate surface area is 146 Å². The first-order chi connectivity index (χ1) is 12.2. The monoisotopic (exact) mass is 341 g/mol. The van der Waals surface area contributed by atoms with Crippen molar-refractivity contribution in [2.24, 2.45) is 0 Å². The zero-order chi connectivity index (χ0) is 17.6. The van der Waals surface area contributed by atoms with Crippen molar-refractivity contribution >= 4 is 12.0 Å². The molecule has 130 valence electrons. The number of benzene rings is 2. The van der Waals surface area contributed by atoms with Crippen LogP contribution in [0.1, 0.15) is 30.5 Å². The number of halogens is 1. The molecule has 1 heterocycles. The number of rotatable bonds is 5. The molecule has 1 aliphatic heterocycles. The summed E-state index contributed by atoms with van der Waals surface area (Å²) in [6.45, 7) is 3.08. The average Bonchev–Trinajstić information content (AvgIpc) is 2.65. The van der Waals surface area contributed by atoms with E-state index in [4.69, 9.17) is 9.47 Å². The van der Waals surface area contributed by atoms with Crippen LogP contribution in [0.25, 0.3) is 6.08 Å². The van der Waals surface area contributed by atoms with Gasteiger partial charge in [-0.15, -0.1) is 0 Å². The molecule has 1 amide bonds. The molecule has 1 atom stereocenters. The lowest BCUT2D eigenvalue weighted by Gasteiger charge is -2.22. The number of carbonyl (C=O) groups is 1. The van der Waals surface area contributed by atoms with Crippen LogP contribution in [0.15, 0.2) is 48.5 Å². The largest absolute Gasteiger partial charge is 0.486 e. The Balaban J connectivity index is 1.67. The number of hydrogen-bond acceptors (Lipinski definition) is 3. The lowest BCUT2D eigenvalue weighted by molar-refractivity contribution is -0.117. The molecule has 2 aromatic carbocycles. The van der Waals surface area contributed by atoms with E-state index in [1.165, 1.54) is 18.2 Å². The first kappa shape index (κ1) is 17.0. The third-order valence-electron chi connectivity index (χ3n) is 3.99. The topological polar surface area (TPSA) is 47.6 Å². The maximum absolute atomic E-state index is 12.9. The smallest absolute Gasteiger partial charge is 0.244 e. The lowest BCUT2D eigenvalue weighted by Crippen LogP contribution is -2.26. The second kappa shape index (κ2) is 7.83. The van der Waals surface area contributed by atoms with Gasteiger partial charge in [-0.25, -0.2) is 4.39 Å². The third kappa shape index (κ3) is 4.38. The minimum absolute atomic E-state index is 0.124. The zero-order valence-corrected chi connectivity index (χ0v) is 14.0. The van der Waals surface area contributed by atoms with E-state index in [0.29, 0.717) is 19.0 Å². The normalized spacial score (nSPS) is 14.3. The number of fused-ring (bicyclic) bond motifs is 1. The predicted octanol–water partition coefficient (Wildman–Crippen LogP) is 3.88. The van der Waals surface area contributed by atoms with Gasteiger partial charge >= 0.3 is 0 Å². The Morgan fingerprint density at radius 1 is 1.16 bits per heavy atom. The second-order valence-electron chi connectivity index (χ2n) is 5.76. The van der Waals surface area contributed by atoms with Crippen molar-refractivity contribution in [2.45, 2.75) is 19.4 Å². The average molecular weight is 341 g/mol. The van der Waals surface area contributed by atoms with Gasteiger partial charge in [0.2, 0.25) is 5.91 Å². The third-order valence-corrected chi connectivity index (χ3v) is 3.99. The molecule has 0 aromatic heterocycles. The van der Waals surface area contributed by atoms with Gasteiger partial charge in [-0.05, 0) is 47.9 Å². The second-order valence-corrected chi connectivity index (χ2v) is 5.76. The van der Waals surface area contributed by atoms with E-state index in [2.05, 4.69) is 5.32 Å². The van der Waals surface area contributed by atoms with Gasteiger partial charge in [0.15, 0.2) is 11.5 Å². The maximum atomic E-state index is 12.9. The van der Waals surface area contributed by atoms with Crippen LogP contribution in [0.5, 0.6) is 11.5 Å². The Morgan fingerprint density at radius 3 is 2.60 bits per heavy atom. The molecule has 0 aliphatic carbocycles. The Kier molecular flexibility index (Phi) is 5.33. The van der Waals surface area contributed by atoms with Crippen LogP contribution in [0.4, 0.5) is 4.39 Å². The molecule has 0 saturated heterocycles. The number of hydrogen-bond donors (Lipinski definition) is 1. The molecule has 1 aliphatic rings. The quantitative estimate of drug-likeness (QED) is 0.840. The van der Waals surface area contributed by atoms with Gasteiger partial charge < -0.3 is 14.8 Å². The van der Waals surface area contributed by atoms with Crippen LogP contribution in [0, 0.1) is 5.82 Å². The summed E-state index contributed by atoms with van der Waals surface area (Å²) < 4.78 is 24.0. The van der Waals surface area contributed by atoms with Crippen molar-refractivity contribution in [3.05, 3.63) is 65.5 Å². The van der Waals surface area contributed by atoms with Crippen molar-refractivity contribution < 1.29 is 18.7 Å². The van der Waals surface area contributed by atoms with Gasteiger partial charge in [0.25, 0.3) is 0 Å². The van der Waals surface area contributed by atoms with Gasteiger partial charge in [0, 0.05) is 6.08 Å². The summed E-state index contributed by atoms with van der Waals surface area (Å²) in [4.78, 5) is 12.2. The van der Waals surface area contributed by atoms with E-state index >= 15 is 0 Å². The van der Waals surface area contributed by atoms with Crippen LogP contribution in [-0.2, 0) is 4.79 Å². The molecular formula is C20H20FNO3. The van der Waals surface area contributed by atoms with E-state index in [9.17, 15) is 9.18 Å². The van der Waals surface area contributed by atoms with E-state index in [-0.39, 0.29) is 17.8 Å². The summed E-state index contributed by atoms with van der Waals surface area (Å²) in [5, 5.41) is 2.98. The molecular weight excluding hydrogens is 321 g/mol. The molecule has 0 fully saturated rings. The fourth-order valence-corrected chi connectivity index (χ4v) is 2.66. The SMILES string of the molecule is CCC(NC(=O)C=Cc1ccc(F)cc1)c1ccc2c(c1)OCCO2. The predicted molar refractivity (Wildman–Crippen MR) is 94.0 cm³/mol. The zero-order valence-electron chi connectivity index (χ0n) is 14.0. The van der Waals surface area contributed by atoms with Gasteiger partial charge in [-0.2, -0.15) is 0 Å². The highest BCUT2D eigenvalue weighted by atomic mass is 19.1. The Hall–Kier alpha value is -2.82. The first-order valence-electron chi connectivity index (χ1n) is 8.29. The number of amides is 1. The minimum atomic E-state index is -0.300. The van der Waals surface area contributed by atoms with Gasteiger partial charge in [0.1, 0.15) is 19.0 Å². The first-order valence-corrected chi connectivity index (χ1v) is 8.29. The van der Waals surface area contributed by atoms with Crippen molar-refractivity contribution in [3.8, 4) is 11.5 Å². The molecule has 1 unspecified atom stereocenters. The molecule has 0 radical (unpaired) electrons. The Morgan fingerprint density at radius 2 is 1.88 bits per heavy atom. The highest BCUT2D eigenvalue weighted by Crippen LogP contribution is 2.33. The van der Waals surface area contributed by atoms with Crippen molar-refractivity contribution in [1.29, 1.82) is 0 Å². The highest BCUT2D eigenvalue weighted by molar-refractivity contribution is 5.92. The minimum Gasteiger partial charge on any atom is -0.486 e. The van der Waals surface area contributed by atoms with E-state index in [0.717, 1.165) is 23.3 Å². The summed E-state index contributed by atoms with van der Waals surface area (Å²) in [7, 11) is 0.